The number of hydrogen-bond donors (Lipinski definition) is 1. The van der Waals surface area contributed by atoms with Crippen LogP contribution >= 0.6 is 0 Å². The fourth-order valence-electron chi connectivity index (χ4n) is 4.02. The number of amides is 3. The summed E-state index contributed by atoms with van der Waals surface area (Å²) in [6.07, 6.45) is 4.67. The predicted molar refractivity (Wildman–Crippen MR) is 125 cm³/mol. The van der Waals surface area contributed by atoms with E-state index in [1.807, 2.05) is 30.3 Å². The summed E-state index contributed by atoms with van der Waals surface area (Å²) in [6, 6.07) is 11.1. The SMILES string of the molecule is O=C1CN(CCCCCS(=O)(=O)CC(Cc2ccccc2)c2cc(OCC3CC3)on2)C(=O)N1. The molecule has 2 aliphatic rings. The van der Waals surface area contributed by atoms with Crippen LogP contribution in [0.1, 0.15) is 49.3 Å². The third kappa shape index (κ3) is 7.31. The zero-order chi connectivity index (χ0) is 24.0. The molecule has 0 radical (unpaired) electrons. The van der Waals surface area contributed by atoms with E-state index in [0.717, 1.165) is 5.56 Å². The number of rotatable bonds is 14. The Bertz CT molecular complexity index is 1080. The van der Waals surface area contributed by atoms with Crippen LogP contribution in [0.25, 0.3) is 0 Å². The Morgan fingerprint density at radius 3 is 2.65 bits per heavy atom. The molecule has 1 aromatic carbocycles. The largest absolute Gasteiger partial charge is 0.463 e. The molecule has 34 heavy (non-hydrogen) atoms. The lowest BCUT2D eigenvalue weighted by Crippen LogP contribution is -2.29. The van der Waals surface area contributed by atoms with Gasteiger partial charge in [-0.25, -0.2) is 13.2 Å². The zero-order valence-corrected chi connectivity index (χ0v) is 20.0. The average Bonchev–Trinajstić information content (AvgIpc) is 3.41. The van der Waals surface area contributed by atoms with Gasteiger partial charge in [-0.15, -0.1) is 0 Å². The summed E-state index contributed by atoms with van der Waals surface area (Å²) in [6.45, 7) is 1.11. The van der Waals surface area contributed by atoms with E-state index < -0.39 is 9.84 Å². The molecule has 1 aromatic heterocycles. The molecule has 10 heteroatoms. The first-order valence-corrected chi connectivity index (χ1v) is 13.6. The molecule has 9 nitrogen and oxygen atoms in total. The van der Waals surface area contributed by atoms with Gasteiger partial charge in [0.2, 0.25) is 5.91 Å². The lowest BCUT2D eigenvalue weighted by molar-refractivity contribution is -0.118. The number of benzene rings is 1. The van der Waals surface area contributed by atoms with E-state index in [1.165, 1.54) is 17.7 Å². The van der Waals surface area contributed by atoms with E-state index in [1.54, 1.807) is 6.07 Å². The Morgan fingerprint density at radius 2 is 1.94 bits per heavy atom. The van der Waals surface area contributed by atoms with Gasteiger partial charge < -0.3 is 14.2 Å². The van der Waals surface area contributed by atoms with Gasteiger partial charge in [-0.05, 0) is 43.6 Å². The number of hydrogen-bond acceptors (Lipinski definition) is 7. The second-order valence-corrected chi connectivity index (χ2v) is 11.4. The van der Waals surface area contributed by atoms with Crippen LogP contribution in [-0.2, 0) is 21.1 Å². The van der Waals surface area contributed by atoms with Crippen molar-refractivity contribution in [3.05, 3.63) is 47.7 Å². The van der Waals surface area contributed by atoms with E-state index in [0.29, 0.717) is 56.4 Å². The van der Waals surface area contributed by atoms with Crippen molar-refractivity contribution in [2.45, 2.75) is 44.4 Å². The molecular formula is C24H31N3O6S. The minimum Gasteiger partial charge on any atom is -0.463 e. The quantitative estimate of drug-likeness (QED) is 0.320. The lowest BCUT2D eigenvalue weighted by atomic mass is 9.98. The predicted octanol–water partition coefficient (Wildman–Crippen LogP) is 2.93. The average molecular weight is 490 g/mol. The standard InChI is InChI=1S/C24H31N3O6S/c28-22-15-27(24(29)25-22)11-5-2-6-12-34(30,31)17-20(13-18-7-3-1-4-8-18)21-14-23(33-26-21)32-16-19-9-10-19/h1,3-4,7-8,14,19-20H,2,5-6,9-13,15-17H2,(H,25,28,29). The maximum absolute atomic E-state index is 12.9. The Hall–Kier alpha value is -2.88. The third-order valence-corrected chi connectivity index (χ3v) is 7.94. The second kappa shape index (κ2) is 11.0. The van der Waals surface area contributed by atoms with Crippen LogP contribution in [0.2, 0.25) is 0 Å². The van der Waals surface area contributed by atoms with Crippen molar-refractivity contribution in [3.63, 3.8) is 0 Å². The number of ether oxygens (including phenoxy) is 1. The first-order chi connectivity index (χ1) is 16.4. The Labute approximate surface area is 199 Å². The number of carbonyl (C=O) groups excluding carboxylic acids is 2. The van der Waals surface area contributed by atoms with Crippen LogP contribution in [-0.4, -0.2) is 61.6 Å². The summed E-state index contributed by atoms with van der Waals surface area (Å²) in [7, 11) is -3.34. The highest BCUT2D eigenvalue weighted by molar-refractivity contribution is 7.91. The number of sulfone groups is 1. The fourth-order valence-corrected chi connectivity index (χ4v) is 5.73. The van der Waals surface area contributed by atoms with Gasteiger partial charge in [0.15, 0.2) is 9.84 Å². The van der Waals surface area contributed by atoms with Gasteiger partial charge in [0, 0.05) is 18.5 Å². The van der Waals surface area contributed by atoms with Crippen molar-refractivity contribution in [1.29, 1.82) is 0 Å². The summed E-state index contributed by atoms with van der Waals surface area (Å²) in [5, 5.41) is 6.36. The molecule has 1 aliphatic heterocycles. The van der Waals surface area contributed by atoms with Gasteiger partial charge in [0.1, 0.15) is 6.54 Å². The molecule has 1 saturated heterocycles. The molecule has 1 N–H and O–H groups in total. The summed E-state index contributed by atoms with van der Waals surface area (Å²) < 4.78 is 36.9. The minimum atomic E-state index is -3.34. The number of aromatic nitrogens is 1. The monoisotopic (exact) mass is 489 g/mol. The number of unbranched alkanes of at least 4 members (excludes halogenated alkanes) is 2. The Morgan fingerprint density at radius 1 is 1.15 bits per heavy atom. The number of urea groups is 1. The molecule has 0 spiro atoms. The van der Waals surface area contributed by atoms with Crippen LogP contribution in [0, 0.1) is 5.92 Å². The normalized spacial score (nSPS) is 17.1. The van der Waals surface area contributed by atoms with E-state index in [4.69, 9.17) is 9.26 Å². The third-order valence-electron chi connectivity index (χ3n) is 6.11. The highest BCUT2D eigenvalue weighted by Gasteiger charge is 2.27. The zero-order valence-electron chi connectivity index (χ0n) is 19.1. The highest BCUT2D eigenvalue weighted by atomic mass is 32.2. The number of nitrogens with zero attached hydrogens (tertiary/aromatic N) is 2. The summed E-state index contributed by atoms with van der Waals surface area (Å²) in [5.41, 5.74) is 1.62. The van der Waals surface area contributed by atoms with Crippen LogP contribution in [0.4, 0.5) is 4.79 Å². The van der Waals surface area contributed by atoms with Crippen molar-refractivity contribution in [2.24, 2.45) is 5.92 Å². The van der Waals surface area contributed by atoms with Gasteiger partial charge in [0.05, 0.1) is 23.8 Å². The topological polar surface area (TPSA) is 119 Å². The summed E-state index contributed by atoms with van der Waals surface area (Å²) in [4.78, 5) is 24.2. The molecule has 1 unspecified atom stereocenters. The van der Waals surface area contributed by atoms with Gasteiger partial charge in [-0.3, -0.25) is 10.1 Å². The molecule has 2 aromatic rings. The van der Waals surface area contributed by atoms with Crippen molar-refractivity contribution >= 4 is 21.8 Å². The molecule has 184 valence electrons. The van der Waals surface area contributed by atoms with Crippen molar-refractivity contribution in [2.75, 3.05) is 31.2 Å². The van der Waals surface area contributed by atoms with Crippen LogP contribution in [0.5, 0.6) is 5.95 Å². The molecule has 1 atom stereocenters. The molecule has 3 amide bonds. The smallest absolute Gasteiger partial charge is 0.324 e. The fraction of sp³-hybridized carbons (Fsp3) is 0.542. The first-order valence-electron chi connectivity index (χ1n) is 11.8. The van der Waals surface area contributed by atoms with Crippen LogP contribution in [0.3, 0.4) is 0 Å². The number of carbonyl (C=O) groups is 2. The molecule has 0 bridgehead atoms. The molecule has 4 rings (SSSR count). The summed E-state index contributed by atoms with van der Waals surface area (Å²) >= 11 is 0. The van der Waals surface area contributed by atoms with Crippen LogP contribution < -0.4 is 10.1 Å². The van der Waals surface area contributed by atoms with Gasteiger partial charge in [-0.1, -0.05) is 41.9 Å². The van der Waals surface area contributed by atoms with E-state index in [9.17, 15) is 18.0 Å². The minimum absolute atomic E-state index is 0.0282. The maximum atomic E-state index is 12.9. The van der Waals surface area contributed by atoms with Crippen molar-refractivity contribution in [1.82, 2.24) is 15.4 Å². The van der Waals surface area contributed by atoms with Gasteiger partial charge >= 0.3 is 12.0 Å². The van der Waals surface area contributed by atoms with E-state index in [2.05, 4.69) is 10.5 Å². The molecule has 1 saturated carbocycles. The highest BCUT2D eigenvalue weighted by Crippen LogP contribution is 2.31. The Kier molecular flexibility index (Phi) is 7.87. The summed E-state index contributed by atoms with van der Waals surface area (Å²) in [5.74, 6) is 0.308. The van der Waals surface area contributed by atoms with E-state index in [-0.39, 0.29) is 35.9 Å². The Balaban J connectivity index is 1.30. The lowest BCUT2D eigenvalue weighted by Gasteiger charge is -2.15. The van der Waals surface area contributed by atoms with Crippen molar-refractivity contribution < 1.29 is 27.3 Å². The van der Waals surface area contributed by atoms with E-state index >= 15 is 0 Å². The van der Waals surface area contributed by atoms with Gasteiger partial charge in [0.25, 0.3) is 0 Å². The molecule has 2 heterocycles. The number of imide groups is 1. The van der Waals surface area contributed by atoms with Gasteiger partial charge in [-0.2, -0.15) is 0 Å². The molecular weight excluding hydrogens is 458 g/mol. The van der Waals surface area contributed by atoms with Crippen LogP contribution in [0.15, 0.2) is 40.9 Å². The maximum Gasteiger partial charge on any atom is 0.324 e. The first kappa shape index (κ1) is 24.3. The molecule has 1 aliphatic carbocycles. The molecule has 2 fully saturated rings. The number of nitrogens with one attached hydrogen (secondary N) is 1. The van der Waals surface area contributed by atoms with Crippen molar-refractivity contribution in [3.8, 4) is 5.95 Å². The second-order valence-electron chi connectivity index (χ2n) is 9.16.